The van der Waals surface area contributed by atoms with Crippen LogP contribution in [0.5, 0.6) is 0 Å². The van der Waals surface area contributed by atoms with Gasteiger partial charge in [-0.15, -0.1) is 0 Å². The van der Waals surface area contributed by atoms with Crippen molar-refractivity contribution in [3.05, 3.63) is 42.0 Å². The number of carboxylic acids is 1. The third-order valence-corrected chi connectivity index (χ3v) is 1.97. The Morgan fingerprint density at radius 3 is 2.47 bits per heavy atom. The van der Waals surface area contributed by atoms with E-state index >= 15 is 0 Å². The average Bonchev–Trinajstić information content (AvgIpc) is 2.25. The number of rotatable bonds is 3. The van der Waals surface area contributed by atoms with E-state index in [1.807, 2.05) is 0 Å². The summed E-state index contributed by atoms with van der Waals surface area (Å²) in [6, 6.07) is 2.74. The largest absolute Gasteiger partial charge is 0.478 e. The van der Waals surface area contributed by atoms with Gasteiger partial charge in [-0.05, 0) is 12.1 Å². The number of carbonyl (C=O) groups excluding carboxylic acids is 1. The summed E-state index contributed by atoms with van der Waals surface area (Å²) in [5.74, 6) is -3.66. The van der Waals surface area contributed by atoms with Crippen molar-refractivity contribution in [1.29, 1.82) is 0 Å². The maximum atomic E-state index is 13.3. The summed E-state index contributed by atoms with van der Waals surface area (Å²) in [6.07, 6.45) is 1.42. The van der Waals surface area contributed by atoms with E-state index < -0.39 is 23.5 Å². The number of nitrogens with zero attached hydrogens (tertiary/aromatic N) is 1. The fraction of sp³-hybridized carbons (Fsp3) is 0.0909. The Morgan fingerprint density at radius 1 is 1.29 bits per heavy atom. The van der Waals surface area contributed by atoms with Gasteiger partial charge in [-0.3, -0.25) is 4.79 Å². The molecule has 0 spiro atoms. The Balaban J connectivity index is 2.92. The molecule has 0 aromatic heterocycles. The van der Waals surface area contributed by atoms with Crippen molar-refractivity contribution in [3.8, 4) is 0 Å². The van der Waals surface area contributed by atoms with Gasteiger partial charge in [-0.1, -0.05) is 0 Å². The van der Waals surface area contributed by atoms with Gasteiger partial charge in [0.1, 0.15) is 11.6 Å². The molecular formula is C11H9F2NO3. The van der Waals surface area contributed by atoms with Gasteiger partial charge in [-0.2, -0.15) is 0 Å². The molecule has 17 heavy (non-hydrogen) atoms. The fourth-order valence-electron chi connectivity index (χ4n) is 1.13. The lowest BCUT2D eigenvalue weighted by atomic mass is 10.2. The second-order valence-corrected chi connectivity index (χ2v) is 3.16. The minimum absolute atomic E-state index is 0.133. The molecule has 0 aliphatic carbocycles. The van der Waals surface area contributed by atoms with Gasteiger partial charge >= 0.3 is 5.97 Å². The van der Waals surface area contributed by atoms with E-state index in [4.69, 9.17) is 5.11 Å². The van der Waals surface area contributed by atoms with Crippen LogP contribution in [0.25, 0.3) is 0 Å². The van der Waals surface area contributed by atoms with Crippen LogP contribution < -0.4 is 4.90 Å². The molecule has 1 N–H and O–H groups in total. The van der Waals surface area contributed by atoms with Crippen LogP contribution in [0.4, 0.5) is 14.5 Å². The lowest BCUT2D eigenvalue weighted by molar-refractivity contribution is -0.131. The molecule has 0 aliphatic heterocycles. The van der Waals surface area contributed by atoms with Crippen molar-refractivity contribution in [2.45, 2.75) is 0 Å². The summed E-state index contributed by atoms with van der Waals surface area (Å²) < 4.78 is 25.9. The Morgan fingerprint density at radius 2 is 1.94 bits per heavy atom. The number of likely N-dealkylation sites (N-methyl/N-ethyl adjacent to an activating group) is 1. The Bertz CT molecular complexity index is 486. The van der Waals surface area contributed by atoms with Gasteiger partial charge in [0.05, 0.1) is 5.69 Å². The number of carboxylic acid groups (broad SMARTS) is 1. The summed E-state index contributed by atoms with van der Waals surface area (Å²) in [5, 5.41) is 8.32. The third kappa shape index (κ3) is 3.37. The monoisotopic (exact) mass is 241 g/mol. The van der Waals surface area contributed by atoms with E-state index in [9.17, 15) is 18.4 Å². The molecular weight excluding hydrogens is 232 g/mol. The molecule has 0 bridgehead atoms. The van der Waals surface area contributed by atoms with Gasteiger partial charge in [0.2, 0.25) is 0 Å². The lowest BCUT2D eigenvalue weighted by Gasteiger charge is -2.15. The third-order valence-electron chi connectivity index (χ3n) is 1.97. The molecule has 6 heteroatoms. The zero-order valence-corrected chi connectivity index (χ0v) is 8.85. The lowest BCUT2D eigenvalue weighted by Crippen LogP contribution is -2.25. The second kappa shape index (κ2) is 5.20. The first kappa shape index (κ1) is 12.8. The molecule has 4 nitrogen and oxygen atoms in total. The summed E-state index contributed by atoms with van der Waals surface area (Å²) >= 11 is 0. The molecule has 0 radical (unpaired) electrons. The molecule has 0 fully saturated rings. The predicted molar refractivity (Wildman–Crippen MR) is 56.5 cm³/mol. The first-order chi connectivity index (χ1) is 7.91. The number of aliphatic carboxylic acids is 1. The Hall–Kier alpha value is -2.24. The molecule has 0 unspecified atom stereocenters. The van der Waals surface area contributed by atoms with E-state index in [0.717, 1.165) is 23.1 Å². The highest BCUT2D eigenvalue weighted by Crippen LogP contribution is 2.19. The molecule has 1 aromatic carbocycles. The highest BCUT2D eigenvalue weighted by Gasteiger charge is 2.13. The van der Waals surface area contributed by atoms with E-state index in [-0.39, 0.29) is 5.69 Å². The van der Waals surface area contributed by atoms with Crippen LogP contribution in [0, 0.1) is 11.6 Å². The summed E-state index contributed by atoms with van der Waals surface area (Å²) in [5.41, 5.74) is -0.133. The van der Waals surface area contributed by atoms with Gasteiger partial charge in [0.15, 0.2) is 0 Å². The smallest absolute Gasteiger partial charge is 0.328 e. The van der Waals surface area contributed by atoms with Crippen molar-refractivity contribution < 1.29 is 23.5 Å². The minimum Gasteiger partial charge on any atom is -0.478 e. The van der Waals surface area contributed by atoms with Gasteiger partial charge in [0, 0.05) is 25.3 Å². The fourth-order valence-corrected chi connectivity index (χ4v) is 1.13. The molecule has 0 heterocycles. The number of benzene rings is 1. The Kier molecular flexibility index (Phi) is 3.92. The first-order valence-corrected chi connectivity index (χ1v) is 4.55. The standard InChI is InChI=1S/C11H9F2NO3/c1-14(10(15)4-5-11(16)17)9-3-2-7(12)6-8(9)13/h2-6H,1H3,(H,16,17)/b5-4+. The van der Waals surface area contributed by atoms with Gasteiger partial charge < -0.3 is 10.0 Å². The van der Waals surface area contributed by atoms with Crippen LogP contribution in [-0.2, 0) is 9.59 Å². The zero-order chi connectivity index (χ0) is 13.0. The molecule has 0 aliphatic rings. The number of amides is 1. The average molecular weight is 241 g/mol. The topological polar surface area (TPSA) is 57.6 Å². The highest BCUT2D eigenvalue weighted by atomic mass is 19.1. The molecule has 0 saturated carbocycles. The number of hydrogen-bond acceptors (Lipinski definition) is 2. The molecule has 1 rings (SSSR count). The maximum absolute atomic E-state index is 13.3. The number of anilines is 1. The van der Waals surface area contributed by atoms with Crippen molar-refractivity contribution >= 4 is 17.6 Å². The zero-order valence-electron chi connectivity index (χ0n) is 8.85. The van der Waals surface area contributed by atoms with Crippen LogP contribution >= 0.6 is 0 Å². The summed E-state index contributed by atoms with van der Waals surface area (Å²) in [7, 11) is 1.25. The maximum Gasteiger partial charge on any atom is 0.328 e. The quantitative estimate of drug-likeness (QED) is 0.817. The van der Waals surface area contributed by atoms with Gasteiger partial charge in [-0.25, -0.2) is 13.6 Å². The van der Waals surface area contributed by atoms with E-state index in [2.05, 4.69) is 0 Å². The minimum atomic E-state index is -1.29. The van der Waals surface area contributed by atoms with Crippen LogP contribution in [0.2, 0.25) is 0 Å². The van der Waals surface area contributed by atoms with Crippen LogP contribution in [0.3, 0.4) is 0 Å². The molecule has 1 amide bonds. The molecule has 90 valence electrons. The predicted octanol–water partition coefficient (Wildman–Crippen LogP) is 1.57. The number of carbonyl (C=O) groups is 2. The van der Waals surface area contributed by atoms with Crippen molar-refractivity contribution in [1.82, 2.24) is 0 Å². The van der Waals surface area contributed by atoms with Crippen LogP contribution in [0.15, 0.2) is 30.4 Å². The SMILES string of the molecule is CN(C(=O)/C=C/C(=O)O)c1ccc(F)cc1F. The van der Waals surface area contributed by atoms with E-state index in [1.54, 1.807) is 0 Å². The number of hydrogen-bond donors (Lipinski definition) is 1. The first-order valence-electron chi connectivity index (χ1n) is 4.55. The van der Waals surface area contributed by atoms with Gasteiger partial charge in [0.25, 0.3) is 5.91 Å². The highest BCUT2D eigenvalue weighted by molar-refractivity contribution is 6.03. The summed E-state index contributed by atoms with van der Waals surface area (Å²) in [4.78, 5) is 22.5. The molecule has 1 aromatic rings. The molecule has 0 saturated heterocycles. The molecule has 0 atom stereocenters. The van der Waals surface area contributed by atoms with E-state index in [1.165, 1.54) is 7.05 Å². The van der Waals surface area contributed by atoms with Crippen LogP contribution in [-0.4, -0.2) is 24.0 Å². The van der Waals surface area contributed by atoms with Crippen molar-refractivity contribution in [3.63, 3.8) is 0 Å². The van der Waals surface area contributed by atoms with Crippen LogP contribution in [0.1, 0.15) is 0 Å². The Labute approximate surface area is 95.8 Å². The summed E-state index contributed by atoms with van der Waals surface area (Å²) in [6.45, 7) is 0. The normalized spacial score (nSPS) is 10.5. The van der Waals surface area contributed by atoms with Crippen molar-refractivity contribution in [2.24, 2.45) is 0 Å². The number of halogens is 2. The second-order valence-electron chi connectivity index (χ2n) is 3.16. The van der Waals surface area contributed by atoms with E-state index in [0.29, 0.717) is 12.1 Å². The van der Waals surface area contributed by atoms with Crippen molar-refractivity contribution in [2.75, 3.05) is 11.9 Å².